The number of rotatable bonds is 4. The van der Waals surface area contributed by atoms with E-state index < -0.39 is 0 Å². The molecule has 0 aliphatic heterocycles. The number of benzene rings is 1. The zero-order valence-electron chi connectivity index (χ0n) is 9.98. The molecule has 0 bridgehead atoms. The predicted octanol–water partition coefficient (Wildman–Crippen LogP) is 4.31. The van der Waals surface area contributed by atoms with E-state index >= 15 is 0 Å². The summed E-state index contributed by atoms with van der Waals surface area (Å²) in [6.45, 7) is 6.18. The van der Waals surface area contributed by atoms with E-state index in [-0.39, 0.29) is 0 Å². The molecule has 0 amide bonds. The minimum Gasteiger partial charge on any atom is -0.371 e. The van der Waals surface area contributed by atoms with Crippen molar-refractivity contribution in [1.29, 1.82) is 0 Å². The van der Waals surface area contributed by atoms with E-state index in [1.807, 2.05) is 17.6 Å². The van der Waals surface area contributed by atoms with Crippen LogP contribution in [0, 0.1) is 0 Å². The molecule has 0 unspecified atom stereocenters. The van der Waals surface area contributed by atoms with Crippen molar-refractivity contribution in [2.75, 3.05) is 18.0 Å². The molecule has 1 aromatic heterocycles. The van der Waals surface area contributed by atoms with Gasteiger partial charge in [-0.2, -0.15) is 0 Å². The molecule has 0 radical (unpaired) electrons. The fraction of sp³-hybridized carbons (Fsp3) is 0.308. The van der Waals surface area contributed by atoms with Crippen LogP contribution >= 0.6 is 22.9 Å². The molecule has 0 saturated heterocycles. The minimum atomic E-state index is 0.799. The van der Waals surface area contributed by atoms with Gasteiger partial charge < -0.3 is 4.90 Å². The number of hydrogen-bond donors (Lipinski definition) is 0. The largest absolute Gasteiger partial charge is 0.371 e. The van der Waals surface area contributed by atoms with Crippen LogP contribution in [0.25, 0.3) is 11.3 Å². The van der Waals surface area contributed by atoms with Gasteiger partial charge in [0.2, 0.25) is 0 Å². The maximum atomic E-state index is 6.25. The van der Waals surface area contributed by atoms with E-state index in [4.69, 9.17) is 11.6 Å². The lowest BCUT2D eigenvalue weighted by Gasteiger charge is -2.22. The molecule has 17 heavy (non-hydrogen) atoms. The van der Waals surface area contributed by atoms with Crippen molar-refractivity contribution in [3.63, 3.8) is 0 Å². The first-order valence-electron chi connectivity index (χ1n) is 5.69. The van der Waals surface area contributed by atoms with Crippen LogP contribution in [0.5, 0.6) is 0 Å². The lowest BCUT2D eigenvalue weighted by molar-refractivity contribution is 0.866. The van der Waals surface area contributed by atoms with E-state index in [9.17, 15) is 0 Å². The Hall–Kier alpha value is -1.06. The van der Waals surface area contributed by atoms with Crippen LogP contribution in [0.1, 0.15) is 13.8 Å². The second kappa shape index (κ2) is 5.52. The van der Waals surface area contributed by atoms with E-state index in [2.05, 4.69) is 35.2 Å². The van der Waals surface area contributed by atoms with Gasteiger partial charge >= 0.3 is 0 Å². The molecule has 90 valence electrons. The summed E-state index contributed by atoms with van der Waals surface area (Å²) in [7, 11) is 0. The summed E-state index contributed by atoms with van der Waals surface area (Å²) < 4.78 is 0. The van der Waals surface area contributed by atoms with Crippen LogP contribution in [-0.2, 0) is 0 Å². The highest BCUT2D eigenvalue weighted by molar-refractivity contribution is 7.07. The first-order chi connectivity index (χ1) is 8.26. The highest BCUT2D eigenvalue weighted by Crippen LogP contribution is 2.31. The zero-order valence-corrected chi connectivity index (χ0v) is 11.6. The third-order valence-electron chi connectivity index (χ3n) is 2.78. The Bertz CT molecular complexity index is 478. The third-order valence-corrected chi connectivity index (χ3v) is 3.68. The van der Waals surface area contributed by atoms with Crippen molar-refractivity contribution in [1.82, 2.24) is 4.98 Å². The average Bonchev–Trinajstić information content (AvgIpc) is 2.86. The maximum Gasteiger partial charge on any atom is 0.0811 e. The van der Waals surface area contributed by atoms with Gasteiger partial charge in [0.05, 0.1) is 21.9 Å². The second-order valence-corrected chi connectivity index (χ2v) is 4.84. The van der Waals surface area contributed by atoms with E-state index in [0.717, 1.165) is 35.1 Å². The minimum absolute atomic E-state index is 0.799. The van der Waals surface area contributed by atoms with Gasteiger partial charge in [0, 0.05) is 24.0 Å². The van der Waals surface area contributed by atoms with Crippen molar-refractivity contribution in [3.05, 3.63) is 34.1 Å². The van der Waals surface area contributed by atoms with Crippen LogP contribution in [0.3, 0.4) is 0 Å². The average molecular weight is 267 g/mol. The summed E-state index contributed by atoms with van der Waals surface area (Å²) in [5.74, 6) is 0. The summed E-state index contributed by atoms with van der Waals surface area (Å²) in [4.78, 5) is 6.57. The lowest BCUT2D eigenvalue weighted by atomic mass is 10.1. The molecular formula is C13H15ClN2S. The fourth-order valence-electron chi connectivity index (χ4n) is 1.83. The standard InChI is InChI=1S/C13H15ClN2S/c1-3-16(4-2)13-7-10(5-6-11(13)14)12-8-17-9-15-12/h5-9H,3-4H2,1-2H3. The number of hydrogen-bond acceptors (Lipinski definition) is 3. The second-order valence-electron chi connectivity index (χ2n) is 3.71. The number of aromatic nitrogens is 1. The molecule has 1 aromatic carbocycles. The molecule has 0 fully saturated rings. The monoisotopic (exact) mass is 266 g/mol. The Balaban J connectivity index is 2.42. The predicted molar refractivity (Wildman–Crippen MR) is 76.1 cm³/mol. The number of thiazole rings is 1. The topological polar surface area (TPSA) is 16.1 Å². The van der Waals surface area contributed by atoms with Gasteiger partial charge in [-0.25, -0.2) is 4.98 Å². The summed E-state index contributed by atoms with van der Waals surface area (Å²) in [5, 5.41) is 2.85. The van der Waals surface area contributed by atoms with Crippen molar-refractivity contribution in [2.24, 2.45) is 0 Å². The normalized spacial score (nSPS) is 10.5. The Morgan fingerprint density at radius 1 is 1.29 bits per heavy atom. The molecule has 0 N–H and O–H groups in total. The SMILES string of the molecule is CCN(CC)c1cc(-c2cscn2)ccc1Cl. The van der Waals surface area contributed by atoms with Crippen LogP contribution < -0.4 is 4.90 Å². The van der Waals surface area contributed by atoms with Crippen LogP contribution in [0.15, 0.2) is 29.1 Å². The van der Waals surface area contributed by atoms with Gasteiger partial charge in [-0.3, -0.25) is 0 Å². The van der Waals surface area contributed by atoms with Gasteiger partial charge in [-0.1, -0.05) is 17.7 Å². The molecule has 0 saturated carbocycles. The van der Waals surface area contributed by atoms with Crippen molar-refractivity contribution in [3.8, 4) is 11.3 Å². The van der Waals surface area contributed by atoms with E-state index in [1.165, 1.54) is 0 Å². The van der Waals surface area contributed by atoms with E-state index in [1.54, 1.807) is 11.3 Å². The number of halogens is 1. The molecule has 4 heteroatoms. The highest BCUT2D eigenvalue weighted by atomic mass is 35.5. The molecule has 2 rings (SSSR count). The van der Waals surface area contributed by atoms with Gasteiger partial charge in [0.15, 0.2) is 0 Å². The summed E-state index contributed by atoms with van der Waals surface area (Å²) in [5.41, 5.74) is 5.07. The molecular weight excluding hydrogens is 252 g/mol. The summed E-state index contributed by atoms with van der Waals surface area (Å²) >= 11 is 7.86. The van der Waals surface area contributed by atoms with Crippen LogP contribution in [0.2, 0.25) is 5.02 Å². The van der Waals surface area contributed by atoms with E-state index in [0.29, 0.717) is 0 Å². The number of nitrogens with zero attached hydrogens (tertiary/aromatic N) is 2. The van der Waals surface area contributed by atoms with Crippen LogP contribution in [-0.4, -0.2) is 18.1 Å². The Morgan fingerprint density at radius 2 is 2.06 bits per heavy atom. The summed E-state index contributed by atoms with van der Waals surface area (Å²) in [6.07, 6.45) is 0. The molecule has 0 aliphatic carbocycles. The van der Waals surface area contributed by atoms with Crippen molar-refractivity contribution >= 4 is 28.6 Å². The lowest BCUT2D eigenvalue weighted by Crippen LogP contribution is -2.22. The van der Waals surface area contributed by atoms with Crippen molar-refractivity contribution < 1.29 is 0 Å². The molecule has 1 heterocycles. The molecule has 0 aliphatic rings. The Labute approximate surface area is 111 Å². The summed E-state index contributed by atoms with van der Waals surface area (Å²) in [6, 6.07) is 6.08. The molecule has 0 spiro atoms. The third kappa shape index (κ3) is 2.61. The van der Waals surface area contributed by atoms with Crippen molar-refractivity contribution in [2.45, 2.75) is 13.8 Å². The zero-order chi connectivity index (χ0) is 12.3. The smallest absolute Gasteiger partial charge is 0.0811 e. The Kier molecular flexibility index (Phi) is 4.02. The van der Waals surface area contributed by atoms with Crippen LogP contribution in [0.4, 0.5) is 5.69 Å². The van der Waals surface area contributed by atoms with Gasteiger partial charge in [0.1, 0.15) is 0 Å². The van der Waals surface area contributed by atoms with Gasteiger partial charge in [-0.15, -0.1) is 11.3 Å². The first kappa shape index (κ1) is 12.4. The maximum absolute atomic E-state index is 6.25. The van der Waals surface area contributed by atoms with Gasteiger partial charge in [-0.05, 0) is 26.0 Å². The fourth-order valence-corrected chi connectivity index (χ4v) is 2.63. The molecule has 2 nitrogen and oxygen atoms in total. The molecule has 2 aromatic rings. The molecule has 0 atom stereocenters. The number of anilines is 1. The first-order valence-corrected chi connectivity index (χ1v) is 7.01. The Morgan fingerprint density at radius 3 is 2.65 bits per heavy atom. The highest BCUT2D eigenvalue weighted by Gasteiger charge is 2.09. The quantitative estimate of drug-likeness (QED) is 0.820. The van der Waals surface area contributed by atoms with Gasteiger partial charge in [0.25, 0.3) is 0 Å².